The number of anilines is 2. The van der Waals surface area contributed by atoms with Crippen molar-refractivity contribution in [2.75, 3.05) is 17.6 Å². The fourth-order valence-electron chi connectivity index (χ4n) is 2.02. The molecule has 0 aliphatic heterocycles. The predicted molar refractivity (Wildman–Crippen MR) is 82.8 cm³/mol. The number of thiazole rings is 1. The Balaban J connectivity index is 2.22. The number of nitrogens with two attached hydrogens (primary N) is 1. The van der Waals surface area contributed by atoms with Crippen molar-refractivity contribution in [3.63, 3.8) is 0 Å². The summed E-state index contributed by atoms with van der Waals surface area (Å²) in [5.41, 5.74) is 7.86. The first-order valence-electron chi connectivity index (χ1n) is 6.60. The Labute approximate surface area is 117 Å². The summed E-state index contributed by atoms with van der Waals surface area (Å²) in [5.74, 6) is 0. The molecule has 0 amide bonds. The number of nitrogen functional groups attached to an aromatic ring is 1. The lowest BCUT2D eigenvalue weighted by Gasteiger charge is -2.26. The van der Waals surface area contributed by atoms with E-state index in [1.54, 1.807) is 11.3 Å². The van der Waals surface area contributed by atoms with Crippen molar-refractivity contribution in [3.8, 4) is 0 Å². The molecule has 104 valence electrons. The average molecular weight is 279 g/mol. The van der Waals surface area contributed by atoms with E-state index in [0.29, 0.717) is 25.1 Å². The number of rotatable bonds is 5. The van der Waals surface area contributed by atoms with Crippen LogP contribution in [0.4, 0.5) is 11.4 Å². The molecule has 0 aliphatic rings. The maximum atomic E-state index is 10.3. The van der Waals surface area contributed by atoms with E-state index in [1.165, 1.54) is 0 Å². The summed E-state index contributed by atoms with van der Waals surface area (Å²) >= 11 is 1.64. The van der Waals surface area contributed by atoms with Crippen molar-refractivity contribution in [1.82, 2.24) is 4.98 Å². The number of nitrogens with zero attached hydrogens (tertiary/aromatic N) is 1. The van der Waals surface area contributed by atoms with Crippen LogP contribution in [0.1, 0.15) is 31.7 Å². The maximum absolute atomic E-state index is 10.3. The number of aromatic nitrogens is 1. The number of hydrogen-bond donors (Lipinski definition) is 3. The Bertz CT molecular complexity index is 575. The molecule has 2 rings (SSSR count). The van der Waals surface area contributed by atoms with Gasteiger partial charge in [0.1, 0.15) is 0 Å². The largest absolute Gasteiger partial charge is 0.397 e. The molecule has 0 saturated carbocycles. The van der Waals surface area contributed by atoms with Gasteiger partial charge in [-0.1, -0.05) is 13.8 Å². The van der Waals surface area contributed by atoms with Crippen LogP contribution < -0.4 is 11.1 Å². The third-order valence-corrected chi connectivity index (χ3v) is 4.52. The molecule has 4 nitrogen and oxygen atoms in total. The van der Waals surface area contributed by atoms with Crippen molar-refractivity contribution in [2.24, 2.45) is 0 Å². The van der Waals surface area contributed by atoms with Crippen LogP contribution in [0.25, 0.3) is 10.2 Å². The Morgan fingerprint density at radius 1 is 1.37 bits per heavy atom. The Kier molecular flexibility index (Phi) is 3.96. The van der Waals surface area contributed by atoms with Crippen LogP contribution in [0.15, 0.2) is 12.1 Å². The zero-order valence-electron chi connectivity index (χ0n) is 11.7. The summed E-state index contributed by atoms with van der Waals surface area (Å²) < 4.78 is 1.10. The van der Waals surface area contributed by atoms with Gasteiger partial charge in [0, 0.05) is 6.54 Å². The second-order valence-electron chi connectivity index (χ2n) is 4.93. The van der Waals surface area contributed by atoms with Crippen LogP contribution in [0.2, 0.25) is 0 Å². The van der Waals surface area contributed by atoms with Gasteiger partial charge in [0.15, 0.2) is 0 Å². The number of hydrogen-bond acceptors (Lipinski definition) is 5. The Morgan fingerprint density at radius 2 is 2.05 bits per heavy atom. The van der Waals surface area contributed by atoms with E-state index in [4.69, 9.17) is 5.73 Å². The second kappa shape index (κ2) is 5.35. The van der Waals surface area contributed by atoms with E-state index in [2.05, 4.69) is 10.3 Å². The van der Waals surface area contributed by atoms with Crippen molar-refractivity contribution in [1.29, 1.82) is 0 Å². The van der Waals surface area contributed by atoms with Gasteiger partial charge in [-0.3, -0.25) is 0 Å². The molecule has 0 unspecified atom stereocenters. The minimum absolute atomic E-state index is 0.499. The smallest absolute Gasteiger partial charge is 0.0907 e. The second-order valence-corrected chi connectivity index (χ2v) is 6.16. The molecule has 1 aromatic carbocycles. The van der Waals surface area contributed by atoms with Crippen LogP contribution in [0.3, 0.4) is 0 Å². The minimum Gasteiger partial charge on any atom is -0.397 e. The van der Waals surface area contributed by atoms with E-state index >= 15 is 0 Å². The topological polar surface area (TPSA) is 71.2 Å². The standard InChI is InChI=1S/C14H21N3OS/c1-4-14(18,5-2)8-16-11-7-12-13(6-10(11)15)19-9(3)17-12/h6-7,16,18H,4-5,8,15H2,1-3H3. The van der Waals surface area contributed by atoms with Gasteiger partial charge in [0.05, 0.1) is 32.2 Å². The van der Waals surface area contributed by atoms with E-state index < -0.39 is 5.60 Å². The van der Waals surface area contributed by atoms with Crippen molar-refractivity contribution >= 4 is 32.9 Å². The molecule has 0 aliphatic carbocycles. The van der Waals surface area contributed by atoms with Gasteiger partial charge >= 0.3 is 0 Å². The third kappa shape index (κ3) is 2.98. The molecule has 0 spiro atoms. The lowest BCUT2D eigenvalue weighted by Crippen LogP contribution is -2.35. The number of aliphatic hydroxyl groups is 1. The average Bonchev–Trinajstić information content (AvgIpc) is 2.74. The Hall–Kier alpha value is -1.33. The normalized spacial score (nSPS) is 12.0. The molecule has 0 radical (unpaired) electrons. The van der Waals surface area contributed by atoms with Crippen LogP contribution in [0, 0.1) is 6.92 Å². The van der Waals surface area contributed by atoms with Crippen LogP contribution in [-0.4, -0.2) is 22.2 Å². The molecule has 0 bridgehead atoms. The predicted octanol–water partition coefficient (Wildman–Crippen LogP) is 3.15. The SMILES string of the molecule is CCC(O)(CC)CNc1cc2nc(C)sc2cc1N. The molecule has 19 heavy (non-hydrogen) atoms. The zero-order valence-corrected chi connectivity index (χ0v) is 12.5. The molecule has 5 heteroatoms. The number of aryl methyl sites for hydroxylation is 1. The fourth-order valence-corrected chi connectivity index (χ4v) is 2.87. The van der Waals surface area contributed by atoms with Gasteiger partial charge in [-0.2, -0.15) is 0 Å². The molecule has 0 fully saturated rings. The molecule has 4 N–H and O–H groups in total. The summed E-state index contributed by atoms with van der Waals surface area (Å²) in [7, 11) is 0. The Morgan fingerprint density at radius 3 is 2.68 bits per heavy atom. The molecular weight excluding hydrogens is 258 g/mol. The molecule has 1 heterocycles. The number of benzene rings is 1. The van der Waals surface area contributed by atoms with Crippen LogP contribution in [-0.2, 0) is 0 Å². The monoisotopic (exact) mass is 279 g/mol. The maximum Gasteiger partial charge on any atom is 0.0907 e. The lowest BCUT2D eigenvalue weighted by molar-refractivity contribution is 0.0457. The number of fused-ring (bicyclic) bond motifs is 1. The number of nitrogens with one attached hydrogen (secondary N) is 1. The highest BCUT2D eigenvalue weighted by molar-refractivity contribution is 7.18. The quantitative estimate of drug-likeness (QED) is 0.735. The zero-order chi connectivity index (χ0) is 14.0. The summed E-state index contributed by atoms with van der Waals surface area (Å²) in [6.07, 6.45) is 1.43. The van der Waals surface area contributed by atoms with E-state index in [0.717, 1.165) is 20.9 Å². The minimum atomic E-state index is -0.681. The lowest BCUT2D eigenvalue weighted by atomic mass is 9.97. The first-order valence-corrected chi connectivity index (χ1v) is 7.42. The summed E-state index contributed by atoms with van der Waals surface area (Å²) in [6, 6.07) is 3.90. The van der Waals surface area contributed by atoms with Gasteiger partial charge < -0.3 is 16.2 Å². The first kappa shape index (κ1) is 14.1. The van der Waals surface area contributed by atoms with Gasteiger partial charge in [-0.15, -0.1) is 11.3 Å². The van der Waals surface area contributed by atoms with Crippen molar-refractivity contribution < 1.29 is 5.11 Å². The van der Waals surface area contributed by atoms with Crippen LogP contribution in [0.5, 0.6) is 0 Å². The highest BCUT2D eigenvalue weighted by Gasteiger charge is 2.22. The van der Waals surface area contributed by atoms with Gasteiger partial charge in [0.2, 0.25) is 0 Å². The van der Waals surface area contributed by atoms with Crippen molar-refractivity contribution in [2.45, 2.75) is 39.2 Å². The molecule has 0 atom stereocenters. The van der Waals surface area contributed by atoms with Gasteiger partial charge in [0.25, 0.3) is 0 Å². The summed E-state index contributed by atoms with van der Waals surface area (Å²) in [5, 5.41) is 14.6. The highest BCUT2D eigenvalue weighted by Crippen LogP contribution is 2.30. The molecule has 1 aromatic heterocycles. The van der Waals surface area contributed by atoms with E-state index in [9.17, 15) is 5.11 Å². The summed E-state index contributed by atoms with van der Waals surface area (Å²) in [4.78, 5) is 4.46. The summed E-state index contributed by atoms with van der Waals surface area (Å²) in [6.45, 7) is 6.46. The van der Waals surface area contributed by atoms with Crippen molar-refractivity contribution in [3.05, 3.63) is 17.1 Å². The third-order valence-electron chi connectivity index (χ3n) is 3.59. The van der Waals surface area contributed by atoms with E-state index in [-0.39, 0.29) is 0 Å². The molecule has 2 aromatic rings. The van der Waals surface area contributed by atoms with Gasteiger partial charge in [-0.25, -0.2) is 4.98 Å². The first-order chi connectivity index (χ1) is 8.97. The molecule has 0 saturated heterocycles. The van der Waals surface area contributed by atoms with Crippen LogP contribution >= 0.6 is 11.3 Å². The molecular formula is C14H21N3OS. The van der Waals surface area contributed by atoms with Gasteiger partial charge in [-0.05, 0) is 31.9 Å². The van der Waals surface area contributed by atoms with E-state index in [1.807, 2.05) is 32.9 Å². The highest BCUT2D eigenvalue weighted by atomic mass is 32.1. The fraction of sp³-hybridized carbons (Fsp3) is 0.500.